The number of halogens is 4. The number of carbonyl (C=O) groups is 2. The van der Waals surface area contributed by atoms with E-state index in [4.69, 9.17) is 11.6 Å². The number of piperidine rings is 1. The summed E-state index contributed by atoms with van der Waals surface area (Å²) in [6, 6.07) is 9.78. The molecular formula is C26H28ClF3N4O3. The fraction of sp³-hybridized carbons (Fsp3) is 0.423. The standard InChI is InChI=1S/C26H28ClF3N4O3/c1-33(2)23(35)19-8-9-21(32-22(19)27)34-12-10-16(11-13-34)20-14-17(20)15-31-24(36)25(37,26(28,29)30)18-6-4-3-5-7-18/h3-9,14,16,20,37H,10-13,15H2,1-2H3,(H,31,36)/t20-,25?/m1/s1. The second-order valence-corrected chi connectivity index (χ2v) is 9.91. The lowest BCUT2D eigenvalue weighted by Crippen LogP contribution is -2.54. The van der Waals surface area contributed by atoms with E-state index in [-0.39, 0.29) is 23.5 Å². The summed E-state index contributed by atoms with van der Waals surface area (Å²) < 4.78 is 41.1. The van der Waals surface area contributed by atoms with Gasteiger partial charge in [0.05, 0.1) is 5.56 Å². The first kappa shape index (κ1) is 26.9. The van der Waals surface area contributed by atoms with Crippen molar-refractivity contribution in [3.05, 3.63) is 70.4 Å². The van der Waals surface area contributed by atoms with Crippen LogP contribution in [0.5, 0.6) is 0 Å². The van der Waals surface area contributed by atoms with Gasteiger partial charge in [0.1, 0.15) is 11.0 Å². The van der Waals surface area contributed by atoms with Crippen molar-refractivity contribution in [3.8, 4) is 0 Å². The number of rotatable bonds is 7. The number of aliphatic hydroxyl groups is 1. The number of pyridine rings is 1. The molecule has 198 valence electrons. The predicted molar refractivity (Wildman–Crippen MR) is 133 cm³/mol. The van der Waals surface area contributed by atoms with Gasteiger partial charge in [-0.15, -0.1) is 0 Å². The van der Waals surface area contributed by atoms with Crippen molar-refractivity contribution >= 4 is 29.2 Å². The quantitative estimate of drug-likeness (QED) is 0.415. The molecule has 7 nitrogen and oxygen atoms in total. The number of anilines is 1. The van der Waals surface area contributed by atoms with Gasteiger partial charge in [0.15, 0.2) is 0 Å². The number of carbonyl (C=O) groups excluding carboxylic acids is 2. The van der Waals surface area contributed by atoms with Crippen molar-refractivity contribution in [2.75, 3.05) is 38.6 Å². The summed E-state index contributed by atoms with van der Waals surface area (Å²) in [7, 11) is 3.28. The molecule has 0 spiro atoms. The number of hydrogen-bond acceptors (Lipinski definition) is 5. The molecule has 1 saturated heterocycles. The number of hydrogen-bond donors (Lipinski definition) is 2. The fourth-order valence-electron chi connectivity index (χ4n) is 4.70. The lowest BCUT2D eigenvalue weighted by molar-refractivity contribution is -0.256. The van der Waals surface area contributed by atoms with E-state index < -0.39 is 23.2 Å². The van der Waals surface area contributed by atoms with Crippen LogP contribution in [0.15, 0.2) is 54.1 Å². The molecule has 0 bridgehead atoms. The number of alkyl halides is 3. The third-order valence-corrected chi connectivity index (χ3v) is 7.23. The highest BCUT2D eigenvalue weighted by molar-refractivity contribution is 6.32. The summed E-state index contributed by atoms with van der Waals surface area (Å²) in [5.41, 5.74) is -2.95. The number of aromatic nitrogens is 1. The Bertz CT molecular complexity index is 1200. The summed E-state index contributed by atoms with van der Waals surface area (Å²) in [5.74, 6) is -0.632. The second-order valence-electron chi connectivity index (χ2n) is 9.56. The van der Waals surface area contributed by atoms with E-state index in [2.05, 4.69) is 15.2 Å². The Hall–Kier alpha value is -3.11. The van der Waals surface area contributed by atoms with E-state index in [1.807, 2.05) is 6.08 Å². The molecule has 1 unspecified atom stereocenters. The van der Waals surface area contributed by atoms with Gasteiger partial charge < -0.3 is 20.2 Å². The van der Waals surface area contributed by atoms with Crippen molar-refractivity contribution < 1.29 is 27.9 Å². The minimum Gasteiger partial charge on any atom is -0.369 e. The molecule has 2 aromatic rings. The van der Waals surface area contributed by atoms with Gasteiger partial charge in [0, 0.05) is 45.2 Å². The normalized spacial score (nSPS) is 19.6. The van der Waals surface area contributed by atoms with Gasteiger partial charge in [-0.3, -0.25) is 9.59 Å². The molecule has 1 fully saturated rings. The fourth-order valence-corrected chi connectivity index (χ4v) is 4.93. The highest BCUT2D eigenvalue weighted by Gasteiger charge is 2.60. The van der Waals surface area contributed by atoms with Gasteiger partial charge in [-0.2, -0.15) is 13.2 Å². The summed E-state index contributed by atoms with van der Waals surface area (Å²) in [5, 5.41) is 12.8. The molecule has 1 aromatic heterocycles. The average Bonchev–Trinajstić information content (AvgIpc) is 3.66. The molecule has 37 heavy (non-hydrogen) atoms. The lowest BCUT2D eigenvalue weighted by atomic mass is 9.89. The van der Waals surface area contributed by atoms with Gasteiger partial charge in [-0.1, -0.05) is 48.0 Å². The molecule has 1 aliphatic heterocycles. The Morgan fingerprint density at radius 3 is 2.35 bits per heavy atom. The van der Waals surface area contributed by atoms with Crippen molar-refractivity contribution in [2.45, 2.75) is 24.6 Å². The maximum atomic E-state index is 13.7. The van der Waals surface area contributed by atoms with Gasteiger partial charge in [0.2, 0.25) is 0 Å². The van der Waals surface area contributed by atoms with E-state index in [0.717, 1.165) is 30.5 Å². The van der Waals surface area contributed by atoms with Crippen LogP contribution >= 0.6 is 11.6 Å². The molecule has 0 saturated carbocycles. The summed E-state index contributed by atoms with van der Waals surface area (Å²) in [6.45, 7) is 1.37. The van der Waals surface area contributed by atoms with E-state index in [0.29, 0.717) is 30.4 Å². The molecule has 2 heterocycles. The molecule has 2 N–H and O–H groups in total. The SMILES string of the molecule is CN(C)C(=O)c1ccc(N2CCC([C@H]3C=C3CNC(=O)C(O)(c3ccccc3)C(F)(F)F)CC2)nc1Cl. The first-order chi connectivity index (χ1) is 17.4. The van der Waals surface area contributed by atoms with Crippen LogP contribution in [0.2, 0.25) is 5.15 Å². The minimum atomic E-state index is -5.17. The third-order valence-electron chi connectivity index (χ3n) is 6.94. The second kappa shape index (κ2) is 10.3. The summed E-state index contributed by atoms with van der Waals surface area (Å²) in [6.07, 6.45) is -1.57. The smallest absolute Gasteiger partial charge is 0.369 e. The number of nitrogens with one attached hydrogen (secondary N) is 1. The minimum absolute atomic E-state index is 0.0481. The van der Waals surface area contributed by atoms with Gasteiger partial charge in [-0.25, -0.2) is 4.98 Å². The Labute approximate surface area is 217 Å². The largest absolute Gasteiger partial charge is 0.430 e. The molecule has 0 radical (unpaired) electrons. The van der Waals surface area contributed by atoms with Crippen molar-refractivity contribution in [3.63, 3.8) is 0 Å². The first-order valence-electron chi connectivity index (χ1n) is 11.9. The molecule has 1 aliphatic carbocycles. The van der Waals surface area contributed by atoms with Crippen LogP contribution in [0.1, 0.15) is 28.8 Å². The highest BCUT2D eigenvalue weighted by atomic mass is 35.5. The topological polar surface area (TPSA) is 85.8 Å². The highest BCUT2D eigenvalue weighted by Crippen LogP contribution is 2.42. The maximum Gasteiger partial charge on any atom is 0.430 e. The zero-order valence-corrected chi connectivity index (χ0v) is 21.2. The van der Waals surface area contributed by atoms with Gasteiger partial charge in [-0.05, 0) is 36.5 Å². The molecule has 2 atom stereocenters. The molecule has 1 aromatic carbocycles. The zero-order valence-electron chi connectivity index (χ0n) is 20.4. The van der Waals surface area contributed by atoms with Crippen LogP contribution in [0, 0.1) is 11.8 Å². The van der Waals surface area contributed by atoms with Crippen molar-refractivity contribution in [2.24, 2.45) is 11.8 Å². The summed E-state index contributed by atoms with van der Waals surface area (Å²) in [4.78, 5) is 32.6. The van der Waals surface area contributed by atoms with Crippen LogP contribution in [-0.4, -0.2) is 66.7 Å². The van der Waals surface area contributed by atoms with E-state index in [1.54, 1.807) is 26.2 Å². The first-order valence-corrected chi connectivity index (χ1v) is 12.3. The van der Waals surface area contributed by atoms with E-state index >= 15 is 0 Å². The molecule has 2 aliphatic rings. The summed E-state index contributed by atoms with van der Waals surface area (Å²) >= 11 is 6.24. The Balaban J connectivity index is 1.30. The van der Waals surface area contributed by atoms with Crippen LogP contribution < -0.4 is 10.2 Å². The number of allylic oxidation sites excluding steroid dienone is 1. The number of benzene rings is 1. The van der Waals surface area contributed by atoms with E-state index in [1.165, 1.54) is 23.1 Å². The van der Waals surface area contributed by atoms with Crippen LogP contribution in [0.4, 0.5) is 19.0 Å². The van der Waals surface area contributed by atoms with Crippen molar-refractivity contribution in [1.29, 1.82) is 0 Å². The van der Waals surface area contributed by atoms with Crippen LogP contribution in [0.3, 0.4) is 0 Å². The monoisotopic (exact) mass is 536 g/mol. The van der Waals surface area contributed by atoms with Gasteiger partial charge in [0.25, 0.3) is 17.4 Å². The van der Waals surface area contributed by atoms with Crippen LogP contribution in [0.25, 0.3) is 0 Å². The molecular weight excluding hydrogens is 509 g/mol. The molecule has 4 rings (SSSR count). The third kappa shape index (κ3) is 5.45. The Morgan fingerprint density at radius 1 is 1.14 bits per heavy atom. The Kier molecular flexibility index (Phi) is 7.52. The maximum absolute atomic E-state index is 13.7. The molecule has 2 amide bonds. The lowest BCUT2D eigenvalue weighted by Gasteiger charge is -2.33. The molecule has 11 heteroatoms. The predicted octanol–water partition coefficient (Wildman–Crippen LogP) is 3.78. The van der Waals surface area contributed by atoms with Gasteiger partial charge >= 0.3 is 6.18 Å². The zero-order chi connectivity index (χ0) is 27.0. The van der Waals surface area contributed by atoms with Crippen molar-refractivity contribution in [1.82, 2.24) is 15.2 Å². The van der Waals surface area contributed by atoms with E-state index in [9.17, 15) is 27.9 Å². The Morgan fingerprint density at radius 2 is 1.78 bits per heavy atom. The number of nitrogens with zero attached hydrogens (tertiary/aromatic N) is 3. The number of amides is 2. The van der Waals surface area contributed by atoms with Crippen LogP contribution in [-0.2, 0) is 10.4 Å². The average molecular weight is 537 g/mol.